The molecule has 0 radical (unpaired) electrons. The summed E-state index contributed by atoms with van der Waals surface area (Å²) in [6.07, 6.45) is -21.7. The van der Waals surface area contributed by atoms with Gasteiger partial charge in [0, 0.05) is 6.54 Å². The first-order chi connectivity index (χ1) is 18.5. The molecule has 0 amide bonds. The van der Waals surface area contributed by atoms with E-state index < -0.39 is 59.9 Å². The predicted molar refractivity (Wildman–Crippen MR) is 123 cm³/mol. The van der Waals surface area contributed by atoms with Gasteiger partial charge in [0.15, 0.2) is 6.10 Å². The molecule has 2 unspecified atom stereocenters. The van der Waals surface area contributed by atoms with Crippen LogP contribution in [-0.4, -0.2) is 36.5 Å². The Morgan fingerprint density at radius 1 is 0.775 bits per heavy atom. The number of hydrogen-bond donors (Lipinski definition) is 2. The highest BCUT2D eigenvalue weighted by atomic mass is 35.5. The predicted octanol–water partition coefficient (Wildman–Crippen LogP) is 7.99. The Hall–Kier alpha value is -3.23. The van der Waals surface area contributed by atoms with Crippen molar-refractivity contribution in [3.05, 3.63) is 88.4 Å². The minimum Gasteiger partial charge on any atom is -0.457 e. The quantitative estimate of drug-likeness (QED) is 0.230. The average molecular weight is 606 g/mol. The standard InChI is InChI=1S/C25H18ClF10NO3/c26-19-8-7-16(11-18(19)23(29,30)31)39-15-5-1-3-13(9-15)21(37-12-20(38)24(32,33)34)14-4-2-6-17(10-14)40-25(35,36)22(27)28/h1-11,20-22,37-38H,12H2. The summed E-state index contributed by atoms with van der Waals surface area (Å²) in [5, 5.41) is 11.3. The van der Waals surface area contributed by atoms with Crippen molar-refractivity contribution in [3.8, 4) is 17.2 Å². The molecule has 15 heteroatoms. The molecule has 0 saturated heterocycles. The van der Waals surface area contributed by atoms with E-state index in [1.807, 2.05) is 0 Å². The third-order valence-corrected chi connectivity index (χ3v) is 5.59. The fourth-order valence-electron chi connectivity index (χ4n) is 3.41. The van der Waals surface area contributed by atoms with Crippen molar-refractivity contribution in [3.63, 3.8) is 0 Å². The molecule has 40 heavy (non-hydrogen) atoms. The average Bonchev–Trinajstić information content (AvgIpc) is 2.84. The molecule has 0 aromatic heterocycles. The van der Waals surface area contributed by atoms with Crippen molar-refractivity contribution >= 4 is 11.6 Å². The van der Waals surface area contributed by atoms with Gasteiger partial charge in [-0.25, -0.2) is 0 Å². The maximum Gasteiger partial charge on any atom is 0.461 e. The zero-order chi connectivity index (χ0) is 29.9. The van der Waals surface area contributed by atoms with Crippen molar-refractivity contribution in [2.45, 2.75) is 37.0 Å². The maximum absolute atomic E-state index is 13.4. The van der Waals surface area contributed by atoms with E-state index in [4.69, 9.17) is 16.3 Å². The molecule has 0 aliphatic heterocycles. The molecule has 2 atom stereocenters. The van der Waals surface area contributed by atoms with Crippen LogP contribution in [0.1, 0.15) is 22.7 Å². The number of halogens is 11. The van der Waals surface area contributed by atoms with Crippen LogP contribution in [0, 0.1) is 0 Å². The first kappa shape index (κ1) is 31.3. The molecule has 2 N–H and O–H groups in total. The molecule has 0 saturated carbocycles. The Labute approximate surface area is 225 Å². The third-order valence-electron chi connectivity index (χ3n) is 5.26. The van der Waals surface area contributed by atoms with E-state index in [0.717, 1.165) is 30.3 Å². The molecule has 0 spiro atoms. The highest BCUT2D eigenvalue weighted by molar-refractivity contribution is 6.31. The lowest BCUT2D eigenvalue weighted by Gasteiger charge is -2.24. The maximum atomic E-state index is 13.4. The van der Waals surface area contributed by atoms with Crippen LogP contribution in [0.25, 0.3) is 0 Å². The monoisotopic (exact) mass is 605 g/mol. The largest absolute Gasteiger partial charge is 0.461 e. The smallest absolute Gasteiger partial charge is 0.457 e. The number of alkyl halides is 10. The summed E-state index contributed by atoms with van der Waals surface area (Å²) in [7, 11) is 0. The van der Waals surface area contributed by atoms with Crippen LogP contribution in [0.15, 0.2) is 66.7 Å². The van der Waals surface area contributed by atoms with Gasteiger partial charge in [0.05, 0.1) is 16.6 Å². The molecule has 3 aromatic rings. The molecule has 0 aliphatic rings. The SMILES string of the molecule is OC(CNC(c1cccc(Oc2ccc(Cl)c(C(F)(F)F)c2)c1)c1cccc(OC(F)(F)C(F)F)c1)C(F)(F)F. The van der Waals surface area contributed by atoms with Gasteiger partial charge in [-0.1, -0.05) is 35.9 Å². The second-order valence-corrected chi connectivity index (χ2v) is 8.66. The van der Waals surface area contributed by atoms with Crippen molar-refractivity contribution in [2.24, 2.45) is 0 Å². The van der Waals surface area contributed by atoms with Gasteiger partial charge < -0.3 is 19.9 Å². The van der Waals surface area contributed by atoms with Crippen molar-refractivity contribution in [2.75, 3.05) is 6.54 Å². The van der Waals surface area contributed by atoms with Crippen molar-refractivity contribution in [1.82, 2.24) is 5.32 Å². The topological polar surface area (TPSA) is 50.7 Å². The minimum absolute atomic E-state index is 0.0417. The van der Waals surface area contributed by atoms with Gasteiger partial charge in [-0.3, -0.25) is 0 Å². The Morgan fingerprint density at radius 2 is 1.32 bits per heavy atom. The van der Waals surface area contributed by atoms with Crippen LogP contribution in [0.5, 0.6) is 17.2 Å². The Morgan fingerprint density at radius 3 is 1.88 bits per heavy atom. The second-order valence-electron chi connectivity index (χ2n) is 8.25. The summed E-state index contributed by atoms with van der Waals surface area (Å²) in [6.45, 7) is -1.08. The summed E-state index contributed by atoms with van der Waals surface area (Å²) < 4.78 is 140. The van der Waals surface area contributed by atoms with Crippen LogP contribution < -0.4 is 14.8 Å². The summed E-state index contributed by atoms with van der Waals surface area (Å²) >= 11 is 5.60. The molecule has 4 nitrogen and oxygen atoms in total. The van der Waals surface area contributed by atoms with Gasteiger partial charge >= 0.3 is 24.9 Å². The van der Waals surface area contributed by atoms with Crippen LogP contribution in [0.4, 0.5) is 43.9 Å². The second kappa shape index (κ2) is 12.1. The molecule has 3 aromatic carbocycles. The molecule has 3 rings (SSSR count). The number of rotatable bonds is 10. The van der Waals surface area contributed by atoms with E-state index in [1.54, 1.807) is 0 Å². The van der Waals surface area contributed by atoms with Crippen molar-refractivity contribution < 1.29 is 58.5 Å². The Bertz CT molecular complexity index is 1300. The number of aliphatic hydroxyl groups excluding tert-OH is 1. The van der Waals surface area contributed by atoms with Crippen LogP contribution in [0.3, 0.4) is 0 Å². The number of benzene rings is 3. The van der Waals surface area contributed by atoms with Gasteiger partial charge in [-0.15, -0.1) is 0 Å². The highest BCUT2D eigenvalue weighted by Crippen LogP contribution is 2.38. The summed E-state index contributed by atoms with van der Waals surface area (Å²) in [5.41, 5.74) is -1.12. The zero-order valence-corrected chi connectivity index (χ0v) is 20.5. The Kier molecular flexibility index (Phi) is 9.47. The summed E-state index contributed by atoms with van der Waals surface area (Å²) in [4.78, 5) is 0. The lowest BCUT2D eigenvalue weighted by Crippen LogP contribution is -2.40. The van der Waals surface area contributed by atoms with Gasteiger partial charge in [0.2, 0.25) is 0 Å². The highest BCUT2D eigenvalue weighted by Gasteiger charge is 2.44. The molecule has 218 valence electrons. The van der Waals surface area contributed by atoms with Gasteiger partial charge in [-0.2, -0.15) is 43.9 Å². The van der Waals surface area contributed by atoms with Crippen molar-refractivity contribution in [1.29, 1.82) is 0 Å². The van der Waals surface area contributed by atoms with Gasteiger partial charge in [-0.05, 0) is 53.6 Å². The zero-order valence-electron chi connectivity index (χ0n) is 19.7. The number of ether oxygens (including phenoxy) is 2. The van der Waals surface area contributed by atoms with Crippen LogP contribution in [-0.2, 0) is 6.18 Å². The van der Waals surface area contributed by atoms with E-state index in [1.165, 1.54) is 30.3 Å². The van der Waals surface area contributed by atoms with E-state index in [9.17, 15) is 49.0 Å². The molecular formula is C25H18ClF10NO3. The molecular weight excluding hydrogens is 588 g/mol. The lowest BCUT2D eigenvalue weighted by atomic mass is 9.98. The molecule has 0 bridgehead atoms. The molecule has 0 heterocycles. The Balaban J connectivity index is 1.97. The summed E-state index contributed by atoms with van der Waals surface area (Å²) in [5.74, 6) is -1.09. The van der Waals surface area contributed by atoms with E-state index in [2.05, 4.69) is 10.1 Å². The van der Waals surface area contributed by atoms with Crippen LogP contribution in [0.2, 0.25) is 5.02 Å². The molecule has 0 aliphatic carbocycles. The fourth-order valence-corrected chi connectivity index (χ4v) is 3.64. The fraction of sp³-hybridized carbons (Fsp3) is 0.280. The number of nitrogens with one attached hydrogen (secondary N) is 1. The normalized spacial score (nSPS) is 14.2. The summed E-state index contributed by atoms with van der Waals surface area (Å²) in [6, 6.07) is 10.8. The number of aliphatic hydroxyl groups is 1. The van der Waals surface area contributed by atoms with E-state index in [-0.39, 0.29) is 22.6 Å². The van der Waals surface area contributed by atoms with Gasteiger partial charge in [0.1, 0.15) is 17.2 Å². The van der Waals surface area contributed by atoms with Crippen LogP contribution >= 0.6 is 11.6 Å². The lowest BCUT2D eigenvalue weighted by molar-refractivity contribution is -0.253. The first-order valence-corrected chi connectivity index (χ1v) is 11.4. The van der Waals surface area contributed by atoms with Gasteiger partial charge in [0.25, 0.3) is 0 Å². The number of hydrogen-bond acceptors (Lipinski definition) is 4. The van der Waals surface area contributed by atoms with E-state index >= 15 is 0 Å². The third kappa shape index (κ3) is 8.15. The first-order valence-electron chi connectivity index (χ1n) is 11.0. The van der Waals surface area contributed by atoms with E-state index in [0.29, 0.717) is 6.07 Å². The molecule has 0 fully saturated rings. The minimum atomic E-state index is -5.02.